The normalized spacial score (nSPS) is 10.5. The molecule has 0 saturated carbocycles. The lowest BCUT2D eigenvalue weighted by atomic mass is 10.2. The number of halogens is 1. The first kappa shape index (κ1) is 12.9. The van der Waals surface area contributed by atoms with Gasteiger partial charge >= 0.3 is 6.09 Å². The van der Waals surface area contributed by atoms with Gasteiger partial charge in [-0.1, -0.05) is 0 Å². The van der Waals surface area contributed by atoms with Crippen molar-refractivity contribution in [1.82, 2.24) is 4.98 Å². The van der Waals surface area contributed by atoms with Gasteiger partial charge in [-0.2, -0.15) is 9.65 Å². The maximum absolute atomic E-state index is 12.7. The minimum atomic E-state index is -0.781. The van der Waals surface area contributed by atoms with Crippen molar-refractivity contribution in [3.8, 4) is 6.07 Å². The highest BCUT2D eigenvalue weighted by Crippen LogP contribution is 2.15. The molecule has 0 aliphatic carbocycles. The van der Waals surface area contributed by atoms with E-state index in [1.54, 1.807) is 26.8 Å². The molecule has 0 unspecified atom stereocenters. The third kappa shape index (κ3) is 4.07. The molecule has 0 saturated heterocycles. The SMILES string of the molecule is CC(C)(C)OC(=O)Nc1cnc(F)cc1C#N. The van der Waals surface area contributed by atoms with Crippen LogP contribution in [0.1, 0.15) is 26.3 Å². The Morgan fingerprint density at radius 1 is 1.59 bits per heavy atom. The Balaban J connectivity index is 2.83. The first-order valence-corrected chi connectivity index (χ1v) is 4.87. The van der Waals surface area contributed by atoms with Crippen LogP contribution in [0, 0.1) is 17.3 Å². The van der Waals surface area contributed by atoms with E-state index in [-0.39, 0.29) is 11.3 Å². The third-order valence-electron chi connectivity index (χ3n) is 1.63. The molecule has 0 aromatic carbocycles. The van der Waals surface area contributed by atoms with Crippen LogP contribution < -0.4 is 5.32 Å². The zero-order valence-corrected chi connectivity index (χ0v) is 9.74. The second-order valence-electron chi connectivity index (χ2n) is 4.29. The monoisotopic (exact) mass is 237 g/mol. The van der Waals surface area contributed by atoms with Gasteiger partial charge in [0.2, 0.25) is 5.95 Å². The summed E-state index contributed by atoms with van der Waals surface area (Å²) in [5.74, 6) is -0.781. The topological polar surface area (TPSA) is 75.0 Å². The number of amides is 1. The number of nitrogens with zero attached hydrogens (tertiary/aromatic N) is 2. The summed E-state index contributed by atoms with van der Waals surface area (Å²) in [7, 11) is 0. The Kier molecular flexibility index (Phi) is 3.63. The first-order chi connectivity index (χ1) is 7.81. The highest BCUT2D eigenvalue weighted by molar-refractivity contribution is 5.86. The lowest BCUT2D eigenvalue weighted by Crippen LogP contribution is -2.27. The molecule has 1 aromatic rings. The summed E-state index contributed by atoms with van der Waals surface area (Å²) in [6.45, 7) is 5.13. The largest absolute Gasteiger partial charge is 0.444 e. The Morgan fingerprint density at radius 2 is 2.24 bits per heavy atom. The number of anilines is 1. The predicted octanol–water partition coefficient (Wildman–Crippen LogP) is 2.44. The van der Waals surface area contributed by atoms with Crippen LogP contribution in [0.2, 0.25) is 0 Å². The molecule has 17 heavy (non-hydrogen) atoms. The quantitative estimate of drug-likeness (QED) is 0.761. The summed E-state index contributed by atoms with van der Waals surface area (Å²) in [5.41, 5.74) is -0.545. The minimum absolute atomic E-state index is 0.0108. The molecule has 1 heterocycles. The van der Waals surface area contributed by atoms with E-state index in [9.17, 15) is 9.18 Å². The second kappa shape index (κ2) is 4.78. The standard InChI is InChI=1S/C11H12FN3O2/c1-11(2,3)17-10(16)15-8-6-14-9(12)4-7(8)5-13/h4,6H,1-3H3,(H,15,16). The molecule has 1 aromatic heterocycles. The molecular weight excluding hydrogens is 225 g/mol. The van der Waals surface area contributed by atoms with Crippen molar-refractivity contribution in [3.05, 3.63) is 23.8 Å². The van der Waals surface area contributed by atoms with Crippen molar-refractivity contribution in [2.24, 2.45) is 0 Å². The van der Waals surface area contributed by atoms with Gasteiger partial charge in [0, 0.05) is 6.07 Å². The molecule has 1 N–H and O–H groups in total. The molecule has 6 heteroatoms. The Morgan fingerprint density at radius 3 is 2.76 bits per heavy atom. The van der Waals surface area contributed by atoms with Crippen molar-refractivity contribution < 1.29 is 13.9 Å². The van der Waals surface area contributed by atoms with Crippen LogP contribution in [-0.4, -0.2) is 16.7 Å². The summed E-state index contributed by atoms with van der Waals surface area (Å²) in [6.07, 6.45) is 0.347. The highest BCUT2D eigenvalue weighted by atomic mass is 19.1. The van der Waals surface area contributed by atoms with Gasteiger partial charge in [-0.25, -0.2) is 9.78 Å². The molecule has 0 radical (unpaired) electrons. The van der Waals surface area contributed by atoms with Crippen molar-refractivity contribution in [2.45, 2.75) is 26.4 Å². The number of hydrogen-bond acceptors (Lipinski definition) is 4. The van der Waals surface area contributed by atoms with E-state index in [4.69, 9.17) is 10.00 Å². The van der Waals surface area contributed by atoms with Crippen molar-refractivity contribution >= 4 is 11.8 Å². The third-order valence-corrected chi connectivity index (χ3v) is 1.63. The van der Waals surface area contributed by atoms with Gasteiger partial charge in [0.05, 0.1) is 17.4 Å². The van der Waals surface area contributed by atoms with Gasteiger partial charge < -0.3 is 4.74 Å². The molecule has 0 spiro atoms. The average Bonchev–Trinajstić information content (AvgIpc) is 2.17. The summed E-state index contributed by atoms with van der Waals surface area (Å²) >= 11 is 0. The fourth-order valence-corrected chi connectivity index (χ4v) is 1.04. The van der Waals surface area contributed by atoms with Crippen LogP contribution in [0.15, 0.2) is 12.3 Å². The molecule has 90 valence electrons. The number of nitriles is 1. The molecule has 0 aliphatic heterocycles. The van der Waals surface area contributed by atoms with Gasteiger partial charge in [0.25, 0.3) is 0 Å². The summed E-state index contributed by atoms with van der Waals surface area (Å²) in [6, 6.07) is 2.69. The predicted molar refractivity (Wildman–Crippen MR) is 58.8 cm³/mol. The number of nitrogens with one attached hydrogen (secondary N) is 1. The van der Waals surface area contributed by atoms with Crippen LogP contribution in [0.25, 0.3) is 0 Å². The van der Waals surface area contributed by atoms with Crippen LogP contribution >= 0.6 is 0 Å². The smallest absolute Gasteiger partial charge is 0.412 e. The van der Waals surface area contributed by atoms with Crippen LogP contribution in [0.3, 0.4) is 0 Å². The van der Waals surface area contributed by atoms with Crippen molar-refractivity contribution in [1.29, 1.82) is 5.26 Å². The molecule has 0 bridgehead atoms. The Hall–Kier alpha value is -2.16. The number of hydrogen-bond donors (Lipinski definition) is 1. The van der Waals surface area contributed by atoms with Crippen molar-refractivity contribution in [3.63, 3.8) is 0 Å². The van der Waals surface area contributed by atoms with Gasteiger partial charge in [-0.3, -0.25) is 5.32 Å². The van der Waals surface area contributed by atoms with Crippen LogP contribution in [0.5, 0.6) is 0 Å². The molecule has 0 atom stereocenters. The Labute approximate surface area is 98.2 Å². The zero-order chi connectivity index (χ0) is 13.1. The Bertz CT molecular complexity index is 475. The number of pyridine rings is 1. The van der Waals surface area contributed by atoms with Crippen molar-refractivity contribution in [2.75, 3.05) is 5.32 Å². The van der Waals surface area contributed by atoms with E-state index in [2.05, 4.69) is 10.3 Å². The van der Waals surface area contributed by atoms with Gasteiger partial charge in [-0.15, -0.1) is 0 Å². The zero-order valence-electron chi connectivity index (χ0n) is 9.74. The number of carbonyl (C=O) groups is 1. The maximum atomic E-state index is 12.7. The molecule has 5 nitrogen and oxygen atoms in total. The van der Waals surface area contributed by atoms with E-state index in [1.165, 1.54) is 0 Å². The van der Waals surface area contributed by atoms with E-state index in [0.29, 0.717) is 0 Å². The molecule has 1 amide bonds. The number of aromatic nitrogens is 1. The number of ether oxygens (including phenoxy) is 1. The van der Waals surface area contributed by atoms with Crippen LogP contribution in [-0.2, 0) is 4.74 Å². The molecule has 0 aliphatic rings. The van der Waals surface area contributed by atoms with E-state index < -0.39 is 17.6 Å². The molecule has 1 rings (SSSR count). The van der Waals surface area contributed by atoms with E-state index >= 15 is 0 Å². The molecule has 0 fully saturated rings. The minimum Gasteiger partial charge on any atom is -0.444 e. The van der Waals surface area contributed by atoms with Gasteiger partial charge in [-0.05, 0) is 20.8 Å². The lowest BCUT2D eigenvalue weighted by molar-refractivity contribution is 0.0636. The summed E-state index contributed by atoms with van der Waals surface area (Å²) in [5, 5.41) is 11.1. The van der Waals surface area contributed by atoms with Gasteiger partial charge in [0.1, 0.15) is 11.7 Å². The van der Waals surface area contributed by atoms with Gasteiger partial charge in [0.15, 0.2) is 0 Å². The first-order valence-electron chi connectivity index (χ1n) is 4.87. The lowest BCUT2D eigenvalue weighted by Gasteiger charge is -2.19. The number of rotatable bonds is 1. The molecular formula is C11H12FN3O2. The van der Waals surface area contributed by atoms with E-state index in [1.807, 2.05) is 0 Å². The number of carbonyl (C=O) groups excluding carboxylic acids is 1. The fraction of sp³-hybridized carbons (Fsp3) is 0.364. The fourth-order valence-electron chi connectivity index (χ4n) is 1.04. The second-order valence-corrected chi connectivity index (χ2v) is 4.29. The maximum Gasteiger partial charge on any atom is 0.412 e. The average molecular weight is 237 g/mol. The van der Waals surface area contributed by atoms with E-state index in [0.717, 1.165) is 12.3 Å². The summed E-state index contributed by atoms with van der Waals surface area (Å²) < 4.78 is 17.7. The highest BCUT2D eigenvalue weighted by Gasteiger charge is 2.17. The summed E-state index contributed by atoms with van der Waals surface area (Å²) in [4.78, 5) is 14.8. The van der Waals surface area contributed by atoms with Crippen LogP contribution in [0.4, 0.5) is 14.9 Å².